The number of nitrogens with zero attached hydrogens (tertiary/aromatic N) is 2. The van der Waals surface area contributed by atoms with Gasteiger partial charge in [-0.2, -0.15) is 5.26 Å². The zero-order valence-electron chi connectivity index (χ0n) is 15.7. The monoisotopic (exact) mass is 431 g/mol. The van der Waals surface area contributed by atoms with Crippen LogP contribution in [-0.4, -0.2) is 26.4 Å². The molecule has 11 nitrogen and oxygen atoms in total. The predicted molar refractivity (Wildman–Crippen MR) is 107 cm³/mol. The average Bonchev–Trinajstić information content (AvgIpc) is 2.71. The summed E-state index contributed by atoms with van der Waals surface area (Å²) in [5.41, 5.74) is 0.383. The Kier molecular flexibility index (Phi) is 7.08. The zero-order valence-corrected chi connectivity index (χ0v) is 16.5. The molecule has 0 aliphatic rings. The van der Waals surface area contributed by atoms with Crippen molar-refractivity contribution in [3.05, 3.63) is 69.9 Å². The van der Waals surface area contributed by atoms with Crippen molar-refractivity contribution in [2.45, 2.75) is 11.4 Å². The van der Waals surface area contributed by atoms with Gasteiger partial charge in [0.1, 0.15) is 17.4 Å². The third-order valence-corrected chi connectivity index (χ3v) is 4.74. The highest BCUT2D eigenvalue weighted by atomic mass is 32.2. The van der Waals surface area contributed by atoms with Crippen molar-refractivity contribution < 1.29 is 22.9 Å². The fourth-order valence-corrected chi connectivity index (χ4v) is 2.82. The molecule has 0 bridgehead atoms. The summed E-state index contributed by atoms with van der Waals surface area (Å²) in [6.07, 6.45) is 1.20. The SMILES string of the molecule is COc1cc([N+](=O)[O-])ccc1NC(=O)/C(C#N)=C\NCc1ccc(S(N)(=O)=O)cc1. The Hall–Kier alpha value is -3.95. The van der Waals surface area contributed by atoms with Gasteiger partial charge in [-0.1, -0.05) is 12.1 Å². The van der Waals surface area contributed by atoms with Crippen LogP contribution in [0, 0.1) is 21.4 Å². The Bertz CT molecular complexity index is 1140. The number of hydrogen-bond acceptors (Lipinski definition) is 8. The quantitative estimate of drug-likeness (QED) is 0.243. The fourth-order valence-electron chi connectivity index (χ4n) is 2.30. The first-order valence-corrected chi connectivity index (χ1v) is 9.79. The number of ether oxygens (including phenoxy) is 1. The number of non-ortho nitro benzene ring substituents is 1. The number of nitrogens with two attached hydrogens (primary N) is 1. The molecule has 0 spiro atoms. The van der Waals surface area contributed by atoms with Crippen molar-refractivity contribution in [3.8, 4) is 11.8 Å². The molecule has 1 amide bonds. The van der Waals surface area contributed by atoms with Crippen LogP contribution in [0.15, 0.2) is 59.1 Å². The summed E-state index contributed by atoms with van der Waals surface area (Å²) in [7, 11) is -2.50. The third kappa shape index (κ3) is 5.77. The summed E-state index contributed by atoms with van der Waals surface area (Å²) >= 11 is 0. The molecule has 156 valence electrons. The van der Waals surface area contributed by atoms with Crippen molar-refractivity contribution in [3.63, 3.8) is 0 Å². The van der Waals surface area contributed by atoms with Gasteiger partial charge in [-0.25, -0.2) is 13.6 Å². The van der Waals surface area contributed by atoms with Crippen LogP contribution in [0.5, 0.6) is 5.75 Å². The van der Waals surface area contributed by atoms with Gasteiger partial charge in [0.25, 0.3) is 11.6 Å². The second-order valence-corrected chi connectivity index (χ2v) is 7.40. The largest absolute Gasteiger partial charge is 0.494 e. The van der Waals surface area contributed by atoms with Gasteiger partial charge >= 0.3 is 0 Å². The number of rotatable bonds is 8. The molecule has 30 heavy (non-hydrogen) atoms. The normalized spacial score (nSPS) is 11.3. The van der Waals surface area contributed by atoms with Crippen LogP contribution in [0.3, 0.4) is 0 Å². The van der Waals surface area contributed by atoms with Gasteiger partial charge in [0.05, 0.1) is 28.7 Å². The Morgan fingerprint density at radius 3 is 2.50 bits per heavy atom. The second-order valence-electron chi connectivity index (χ2n) is 5.84. The number of anilines is 1. The van der Waals surface area contributed by atoms with E-state index >= 15 is 0 Å². The number of hydrogen-bond donors (Lipinski definition) is 3. The van der Waals surface area contributed by atoms with E-state index in [1.54, 1.807) is 6.07 Å². The van der Waals surface area contributed by atoms with E-state index < -0.39 is 20.9 Å². The van der Waals surface area contributed by atoms with E-state index in [0.717, 1.165) is 6.07 Å². The lowest BCUT2D eigenvalue weighted by atomic mass is 10.2. The van der Waals surface area contributed by atoms with E-state index in [9.17, 15) is 28.6 Å². The maximum absolute atomic E-state index is 12.3. The number of methoxy groups -OCH3 is 1. The van der Waals surface area contributed by atoms with Gasteiger partial charge in [0.2, 0.25) is 10.0 Å². The number of carbonyl (C=O) groups excluding carboxylic acids is 1. The van der Waals surface area contributed by atoms with Crippen LogP contribution in [0.1, 0.15) is 5.56 Å². The Balaban J connectivity index is 2.07. The second kappa shape index (κ2) is 9.50. The minimum absolute atomic E-state index is 0.0315. The van der Waals surface area contributed by atoms with Crippen LogP contribution < -0.4 is 20.5 Å². The molecule has 0 radical (unpaired) electrons. The Labute approximate surface area is 172 Å². The lowest BCUT2D eigenvalue weighted by Crippen LogP contribution is -2.17. The van der Waals surface area contributed by atoms with Crippen LogP contribution in [0.4, 0.5) is 11.4 Å². The molecule has 0 fully saturated rings. The number of nitrogens with one attached hydrogen (secondary N) is 2. The molecular formula is C18H17N5O6S. The molecule has 2 aromatic carbocycles. The average molecular weight is 431 g/mol. The number of nitro groups is 1. The molecule has 4 N–H and O–H groups in total. The lowest BCUT2D eigenvalue weighted by molar-refractivity contribution is -0.384. The molecular weight excluding hydrogens is 414 g/mol. The molecule has 0 aromatic heterocycles. The number of sulfonamides is 1. The van der Waals surface area contributed by atoms with Crippen molar-refractivity contribution in [1.82, 2.24) is 5.32 Å². The molecule has 0 aliphatic heterocycles. The summed E-state index contributed by atoms with van der Waals surface area (Å²) in [4.78, 5) is 22.5. The fraction of sp³-hybridized carbons (Fsp3) is 0.111. The van der Waals surface area contributed by atoms with E-state index in [4.69, 9.17) is 9.88 Å². The Morgan fingerprint density at radius 1 is 1.30 bits per heavy atom. The molecule has 12 heteroatoms. The highest BCUT2D eigenvalue weighted by Gasteiger charge is 2.15. The van der Waals surface area contributed by atoms with Crippen LogP contribution in [0.25, 0.3) is 0 Å². The molecule has 0 heterocycles. The predicted octanol–water partition coefficient (Wildman–Crippen LogP) is 1.39. The van der Waals surface area contributed by atoms with Crippen molar-refractivity contribution in [2.24, 2.45) is 5.14 Å². The van der Waals surface area contributed by atoms with E-state index in [1.807, 2.05) is 0 Å². The Morgan fingerprint density at radius 2 is 1.97 bits per heavy atom. The van der Waals surface area contributed by atoms with Gasteiger partial charge in [0, 0.05) is 18.8 Å². The first-order chi connectivity index (χ1) is 14.2. The van der Waals surface area contributed by atoms with Crippen molar-refractivity contribution >= 4 is 27.3 Å². The summed E-state index contributed by atoms with van der Waals surface area (Å²) in [5, 5.41) is 30.3. The minimum atomic E-state index is -3.79. The summed E-state index contributed by atoms with van der Waals surface area (Å²) in [6, 6.07) is 11.1. The molecule has 2 aromatic rings. The molecule has 0 unspecified atom stereocenters. The van der Waals surface area contributed by atoms with E-state index in [0.29, 0.717) is 5.56 Å². The van der Waals surface area contributed by atoms with Crippen molar-refractivity contribution in [2.75, 3.05) is 12.4 Å². The molecule has 0 saturated carbocycles. The van der Waals surface area contributed by atoms with Gasteiger partial charge in [0.15, 0.2) is 0 Å². The third-order valence-electron chi connectivity index (χ3n) is 3.81. The van der Waals surface area contributed by atoms with Crippen LogP contribution in [0.2, 0.25) is 0 Å². The smallest absolute Gasteiger partial charge is 0.273 e. The standard InChI is InChI=1S/C18H17N5O6S/c1-29-17-8-14(23(25)26)4-7-16(17)22-18(24)13(9-19)11-21-10-12-2-5-15(6-3-12)30(20,27)28/h2-8,11,21H,10H2,1H3,(H,22,24)(H2,20,27,28)/b13-11-. The number of nitro benzene ring substituents is 1. The topological polar surface area (TPSA) is 177 Å². The highest BCUT2D eigenvalue weighted by molar-refractivity contribution is 7.89. The van der Waals surface area contributed by atoms with E-state index in [-0.39, 0.29) is 34.1 Å². The summed E-state index contributed by atoms with van der Waals surface area (Å²) in [5.74, 6) is -0.681. The summed E-state index contributed by atoms with van der Waals surface area (Å²) in [6.45, 7) is 0.213. The number of primary sulfonamides is 1. The first-order valence-electron chi connectivity index (χ1n) is 8.25. The molecule has 0 aliphatic carbocycles. The highest BCUT2D eigenvalue weighted by Crippen LogP contribution is 2.29. The van der Waals surface area contributed by atoms with E-state index in [2.05, 4.69) is 10.6 Å². The van der Waals surface area contributed by atoms with Gasteiger partial charge in [-0.3, -0.25) is 14.9 Å². The van der Waals surface area contributed by atoms with Crippen molar-refractivity contribution in [1.29, 1.82) is 5.26 Å². The number of amides is 1. The number of nitriles is 1. The first kappa shape index (κ1) is 22.3. The van der Waals surface area contributed by atoms with E-state index in [1.165, 1.54) is 49.7 Å². The zero-order chi connectivity index (χ0) is 22.3. The lowest BCUT2D eigenvalue weighted by Gasteiger charge is -2.10. The van der Waals surface area contributed by atoms with Crippen LogP contribution in [-0.2, 0) is 21.4 Å². The minimum Gasteiger partial charge on any atom is -0.494 e. The molecule has 0 atom stereocenters. The maximum Gasteiger partial charge on any atom is 0.273 e. The maximum atomic E-state index is 12.3. The van der Waals surface area contributed by atoms with Gasteiger partial charge in [-0.05, 0) is 23.8 Å². The number of benzene rings is 2. The summed E-state index contributed by atoms with van der Waals surface area (Å²) < 4.78 is 27.5. The van der Waals surface area contributed by atoms with Crippen LogP contribution >= 0.6 is 0 Å². The van der Waals surface area contributed by atoms with Gasteiger partial charge in [-0.15, -0.1) is 0 Å². The number of carbonyl (C=O) groups is 1. The molecule has 2 rings (SSSR count). The van der Waals surface area contributed by atoms with Gasteiger partial charge < -0.3 is 15.4 Å². The molecule has 0 saturated heterocycles.